The summed E-state index contributed by atoms with van der Waals surface area (Å²) in [5.74, 6) is -0.967. The number of hydrogen-bond acceptors (Lipinski definition) is 4. The fourth-order valence-corrected chi connectivity index (χ4v) is 1.59. The number of nitrogens with two attached hydrogens (primary N) is 3. The molecule has 0 aliphatic heterocycles. The van der Waals surface area contributed by atoms with E-state index in [-0.39, 0.29) is 6.04 Å². The number of benzene rings is 1. The molecule has 94 valence electrons. The van der Waals surface area contributed by atoms with Crippen molar-refractivity contribution in [1.29, 1.82) is 0 Å². The van der Waals surface area contributed by atoms with Crippen LogP contribution in [0.1, 0.15) is 30.9 Å². The van der Waals surface area contributed by atoms with Crippen LogP contribution in [-0.2, 0) is 4.79 Å². The molecule has 0 aromatic heterocycles. The van der Waals surface area contributed by atoms with Crippen LogP contribution in [0.4, 0.5) is 5.69 Å². The molecule has 2 atom stereocenters. The summed E-state index contributed by atoms with van der Waals surface area (Å²) in [7, 11) is 0. The molecule has 5 nitrogen and oxygen atoms in total. The second kappa shape index (κ2) is 6.22. The molecule has 1 aromatic rings. The summed E-state index contributed by atoms with van der Waals surface area (Å²) < 4.78 is 0. The Labute approximate surface area is 101 Å². The van der Waals surface area contributed by atoms with Crippen molar-refractivity contribution in [3.8, 4) is 0 Å². The van der Waals surface area contributed by atoms with E-state index in [1.54, 1.807) is 12.1 Å². The Morgan fingerprint density at radius 1 is 1.18 bits per heavy atom. The topological polar surface area (TPSA) is 115 Å². The van der Waals surface area contributed by atoms with Gasteiger partial charge in [-0.1, -0.05) is 12.1 Å². The van der Waals surface area contributed by atoms with Crippen LogP contribution in [-0.4, -0.2) is 17.1 Å². The monoisotopic (exact) mass is 237 g/mol. The van der Waals surface area contributed by atoms with Crippen molar-refractivity contribution in [1.82, 2.24) is 0 Å². The van der Waals surface area contributed by atoms with Crippen LogP contribution in [0.5, 0.6) is 0 Å². The van der Waals surface area contributed by atoms with Crippen molar-refractivity contribution >= 4 is 11.7 Å². The number of carboxylic acid groups (broad SMARTS) is 1. The number of aliphatic carboxylic acids is 1. The third kappa shape index (κ3) is 4.42. The predicted molar refractivity (Wildman–Crippen MR) is 67.2 cm³/mol. The molecular formula is C12H19N3O2. The van der Waals surface area contributed by atoms with E-state index in [0.717, 1.165) is 5.56 Å². The number of hydrogen-bond donors (Lipinski definition) is 4. The fourth-order valence-electron chi connectivity index (χ4n) is 1.59. The van der Waals surface area contributed by atoms with Gasteiger partial charge in [0.25, 0.3) is 0 Å². The maximum Gasteiger partial charge on any atom is 0.320 e. The normalized spacial score (nSPS) is 14.2. The average Bonchev–Trinajstić information content (AvgIpc) is 2.29. The summed E-state index contributed by atoms with van der Waals surface area (Å²) in [6.07, 6.45) is 1.85. The van der Waals surface area contributed by atoms with Gasteiger partial charge in [0.1, 0.15) is 6.04 Å². The van der Waals surface area contributed by atoms with E-state index >= 15 is 0 Å². The van der Waals surface area contributed by atoms with E-state index < -0.39 is 12.0 Å². The highest BCUT2D eigenvalue weighted by Gasteiger charge is 2.12. The van der Waals surface area contributed by atoms with Gasteiger partial charge in [-0.05, 0) is 37.0 Å². The average molecular weight is 237 g/mol. The Morgan fingerprint density at radius 2 is 1.76 bits per heavy atom. The summed E-state index contributed by atoms with van der Waals surface area (Å²) >= 11 is 0. The lowest BCUT2D eigenvalue weighted by Gasteiger charge is -2.13. The molecule has 1 unspecified atom stereocenters. The number of nitrogen functional groups attached to an aromatic ring is 1. The third-order valence-corrected chi connectivity index (χ3v) is 2.71. The number of carboxylic acids is 1. The van der Waals surface area contributed by atoms with Crippen LogP contribution in [0.25, 0.3) is 0 Å². The van der Waals surface area contributed by atoms with Gasteiger partial charge >= 0.3 is 5.97 Å². The first-order chi connectivity index (χ1) is 8.00. The Kier molecular flexibility index (Phi) is 4.93. The molecule has 0 radical (unpaired) electrons. The van der Waals surface area contributed by atoms with Crippen molar-refractivity contribution in [2.45, 2.75) is 31.3 Å². The third-order valence-electron chi connectivity index (χ3n) is 2.71. The molecule has 1 rings (SSSR count). The summed E-state index contributed by atoms with van der Waals surface area (Å²) in [5.41, 5.74) is 18.7. The van der Waals surface area contributed by atoms with Gasteiger partial charge in [0.05, 0.1) is 0 Å². The van der Waals surface area contributed by atoms with E-state index in [0.29, 0.717) is 24.9 Å². The summed E-state index contributed by atoms with van der Waals surface area (Å²) in [6, 6.07) is 6.48. The maximum atomic E-state index is 10.5. The lowest BCUT2D eigenvalue weighted by Crippen LogP contribution is -2.30. The molecule has 0 saturated heterocycles. The minimum atomic E-state index is -0.967. The highest BCUT2D eigenvalue weighted by Crippen LogP contribution is 2.18. The zero-order chi connectivity index (χ0) is 12.8. The van der Waals surface area contributed by atoms with Gasteiger partial charge in [0.15, 0.2) is 0 Å². The van der Waals surface area contributed by atoms with Gasteiger partial charge in [-0.2, -0.15) is 0 Å². The molecule has 0 aliphatic rings. The number of carbonyl (C=O) groups is 1. The molecule has 0 bridgehead atoms. The molecular weight excluding hydrogens is 218 g/mol. The van der Waals surface area contributed by atoms with Crippen LogP contribution in [0, 0.1) is 0 Å². The smallest absolute Gasteiger partial charge is 0.320 e. The molecule has 0 aliphatic carbocycles. The van der Waals surface area contributed by atoms with Gasteiger partial charge in [-0.25, -0.2) is 0 Å². The Hall–Kier alpha value is -1.59. The molecule has 0 fully saturated rings. The van der Waals surface area contributed by atoms with Gasteiger partial charge in [0, 0.05) is 11.7 Å². The second-order valence-corrected chi connectivity index (χ2v) is 4.15. The fraction of sp³-hybridized carbons (Fsp3) is 0.417. The van der Waals surface area contributed by atoms with Gasteiger partial charge in [-0.3, -0.25) is 4.79 Å². The summed E-state index contributed by atoms with van der Waals surface area (Å²) in [4.78, 5) is 10.5. The highest BCUT2D eigenvalue weighted by atomic mass is 16.4. The largest absolute Gasteiger partial charge is 0.480 e. The van der Waals surface area contributed by atoms with Crippen molar-refractivity contribution in [2.75, 3.05) is 5.73 Å². The lowest BCUT2D eigenvalue weighted by atomic mass is 10.00. The zero-order valence-electron chi connectivity index (χ0n) is 9.67. The minimum absolute atomic E-state index is 0.100. The highest BCUT2D eigenvalue weighted by molar-refractivity contribution is 5.72. The second-order valence-electron chi connectivity index (χ2n) is 4.15. The van der Waals surface area contributed by atoms with Crippen LogP contribution in [0.15, 0.2) is 24.3 Å². The molecule has 0 spiro atoms. The first kappa shape index (κ1) is 13.5. The van der Waals surface area contributed by atoms with Crippen LogP contribution in [0.2, 0.25) is 0 Å². The van der Waals surface area contributed by atoms with Gasteiger partial charge in [0.2, 0.25) is 0 Å². The lowest BCUT2D eigenvalue weighted by molar-refractivity contribution is -0.138. The summed E-state index contributed by atoms with van der Waals surface area (Å²) in [6.45, 7) is 0. The van der Waals surface area contributed by atoms with Crippen molar-refractivity contribution in [3.63, 3.8) is 0 Å². The predicted octanol–water partition coefficient (Wildman–Crippen LogP) is 0.851. The molecule has 7 N–H and O–H groups in total. The van der Waals surface area contributed by atoms with Gasteiger partial charge in [-0.15, -0.1) is 0 Å². The van der Waals surface area contributed by atoms with E-state index in [1.807, 2.05) is 12.1 Å². The minimum Gasteiger partial charge on any atom is -0.480 e. The quantitative estimate of drug-likeness (QED) is 0.547. The van der Waals surface area contributed by atoms with Crippen molar-refractivity contribution in [2.24, 2.45) is 11.5 Å². The zero-order valence-corrected chi connectivity index (χ0v) is 9.67. The molecule has 1 aromatic carbocycles. The van der Waals surface area contributed by atoms with E-state index in [2.05, 4.69) is 0 Å². The van der Waals surface area contributed by atoms with Crippen LogP contribution >= 0.6 is 0 Å². The Balaban J connectivity index is 2.37. The Bertz CT molecular complexity index is 365. The summed E-state index contributed by atoms with van der Waals surface area (Å²) in [5, 5.41) is 8.62. The number of anilines is 1. The van der Waals surface area contributed by atoms with E-state index in [4.69, 9.17) is 22.3 Å². The SMILES string of the molecule is Nc1ccc(C(N)CCC[C@H](N)C(=O)O)cc1. The molecule has 0 amide bonds. The molecule has 0 saturated carbocycles. The molecule has 0 heterocycles. The van der Waals surface area contributed by atoms with Gasteiger partial charge < -0.3 is 22.3 Å². The van der Waals surface area contributed by atoms with Crippen molar-refractivity contribution < 1.29 is 9.90 Å². The Morgan fingerprint density at radius 3 is 2.29 bits per heavy atom. The van der Waals surface area contributed by atoms with Crippen molar-refractivity contribution in [3.05, 3.63) is 29.8 Å². The van der Waals surface area contributed by atoms with Crippen LogP contribution in [0.3, 0.4) is 0 Å². The molecule has 5 heteroatoms. The first-order valence-corrected chi connectivity index (χ1v) is 5.60. The number of rotatable bonds is 6. The first-order valence-electron chi connectivity index (χ1n) is 5.60. The van der Waals surface area contributed by atoms with Crippen LogP contribution < -0.4 is 17.2 Å². The molecule has 17 heavy (non-hydrogen) atoms. The van der Waals surface area contributed by atoms with E-state index in [1.165, 1.54) is 0 Å². The standard InChI is InChI=1S/C12H19N3O2/c13-9-6-4-8(5-7-9)10(14)2-1-3-11(15)12(16)17/h4-7,10-11H,1-3,13-15H2,(H,16,17)/t10?,11-/m0/s1. The van der Waals surface area contributed by atoms with E-state index in [9.17, 15) is 4.79 Å². The maximum absolute atomic E-state index is 10.5.